The molecule has 0 radical (unpaired) electrons. The van der Waals surface area contributed by atoms with Crippen molar-refractivity contribution in [3.8, 4) is 11.1 Å². The highest BCUT2D eigenvalue weighted by molar-refractivity contribution is 7.92. The van der Waals surface area contributed by atoms with E-state index in [1.54, 1.807) is 23.9 Å². The summed E-state index contributed by atoms with van der Waals surface area (Å²) in [7, 11) is -1.91. The average Bonchev–Trinajstić information content (AvgIpc) is 3.51. The lowest BCUT2D eigenvalue weighted by Gasteiger charge is -2.26. The Morgan fingerprint density at radius 3 is 2.52 bits per heavy atom. The zero-order valence-electron chi connectivity index (χ0n) is 24.0. The van der Waals surface area contributed by atoms with E-state index in [1.807, 2.05) is 12.1 Å². The van der Waals surface area contributed by atoms with Crippen molar-refractivity contribution < 1.29 is 22.0 Å². The van der Waals surface area contributed by atoms with Gasteiger partial charge in [0.25, 0.3) is 0 Å². The maximum absolute atomic E-state index is 14.2. The van der Waals surface area contributed by atoms with E-state index in [0.717, 1.165) is 48.3 Å². The minimum atomic E-state index is -3.61. The molecule has 6 rings (SSSR count). The lowest BCUT2D eigenvalue weighted by atomic mass is 9.87. The van der Waals surface area contributed by atoms with Gasteiger partial charge in [0.15, 0.2) is 16.6 Å². The largest absolute Gasteiger partial charge is 0.370 e. The minimum Gasteiger partial charge on any atom is -0.370 e. The summed E-state index contributed by atoms with van der Waals surface area (Å²) in [5, 5.41) is 9.13. The van der Waals surface area contributed by atoms with Crippen molar-refractivity contribution in [3.63, 3.8) is 0 Å². The van der Waals surface area contributed by atoms with Gasteiger partial charge < -0.3 is 16.0 Å². The van der Waals surface area contributed by atoms with Crippen LogP contribution >= 0.6 is 11.3 Å². The molecular weight excluding hydrogens is 611 g/mol. The van der Waals surface area contributed by atoms with Crippen molar-refractivity contribution in [1.82, 2.24) is 25.1 Å². The fourth-order valence-electron chi connectivity index (χ4n) is 5.71. The predicted molar refractivity (Wildman–Crippen MR) is 167 cm³/mol. The van der Waals surface area contributed by atoms with Crippen LogP contribution in [0.25, 0.3) is 32.4 Å². The standard InChI is InChI=1S/C29H30F2N8O3S2/c1-38-26-20(4-3-5-21(26)27(36-38)37-44(2,41)42)22-15-23-28(35-29(43-23)39-8-6-33-7-9-39)34-25(22)17(13-24(32)40)10-16-11-18(30)14-19(31)12-16/h3-5,11-12,14-15,17,33H,6-10,13H2,1-2H3,(H2,32,40)(H,36,37)/t17-/m0/s1. The van der Waals surface area contributed by atoms with Crippen LogP contribution in [0.4, 0.5) is 19.7 Å². The highest BCUT2D eigenvalue weighted by Gasteiger charge is 2.26. The number of carbonyl (C=O) groups excluding carboxylic acids is 1. The zero-order valence-corrected chi connectivity index (χ0v) is 25.6. The smallest absolute Gasteiger partial charge is 0.231 e. The average molecular weight is 641 g/mol. The van der Waals surface area contributed by atoms with Gasteiger partial charge in [-0.05, 0) is 36.2 Å². The molecule has 1 atom stereocenters. The Hall–Kier alpha value is -4.21. The summed E-state index contributed by atoms with van der Waals surface area (Å²) in [6.07, 6.45) is 0.998. The quantitative estimate of drug-likeness (QED) is 0.222. The van der Waals surface area contributed by atoms with E-state index in [-0.39, 0.29) is 18.7 Å². The molecule has 1 amide bonds. The van der Waals surface area contributed by atoms with Crippen LogP contribution in [0.3, 0.4) is 0 Å². The van der Waals surface area contributed by atoms with Crippen LogP contribution in [0.5, 0.6) is 0 Å². The second-order valence-electron chi connectivity index (χ2n) is 10.9. The van der Waals surface area contributed by atoms with E-state index in [1.165, 1.54) is 23.5 Å². The third-order valence-electron chi connectivity index (χ3n) is 7.46. The number of hydrogen-bond acceptors (Lipinski definition) is 9. The van der Waals surface area contributed by atoms with Gasteiger partial charge in [0.1, 0.15) is 11.6 Å². The van der Waals surface area contributed by atoms with E-state index in [0.29, 0.717) is 38.9 Å². The summed E-state index contributed by atoms with van der Waals surface area (Å²) < 4.78 is 57.4. The number of aryl methyl sites for hydroxylation is 1. The Balaban J connectivity index is 1.57. The second kappa shape index (κ2) is 11.7. The zero-order chi connectivity index (χ0) is 31.2. The number of sulfonamides is 1. The Bertz CT molecular complexity index is 1980. The van der Waals surface area contributed by atoms with Crippen LogP contribution in [0, 0.1) is 11.6 Å². The van der Waals surface area contributed by atoms with E-state index in [9.17, 15) is 22.0 Å². The third-order valence-corrected chi connectivity index (χ3v) is 9.08. The molecule has 1 aliphatic heterocycles. The van der Waals surface area contributed by atoms with Crippen LogP contribution < -0.4 is 20.7 Å². The SMILES string of the molecule is Cn1nc(NS(C)(=O)=O)c2cccc(-c3cc4sc(N5CCNCC5)nc4nc3[C@H](CC(N)=O)Cc3cc(F)cc(F)c3)c21. The molecule has 1 saturated heterocycles. The van der Waals surface area contributed by atoms with Crippen LogP contribution in [-0.2, 0) is 28.3 Å². The number of rotatable bonds is 9. The number of anilines is 2. The molecule has 1 fully saturated rings. The molecule has 0 unspecified atom stereocenters. The van der Waals surface area contributed by atoms with Crippen LogP contribution in [0.2, 0.25) is 0 Å². The minimum absolute atomic E-state index is 0.0835. The summed E-state index contributed by atoms with van der Waals surface area (Å²) >= 11 is 1.50. The molecule has 44 heavy (non-hydrogen) atoms. The molecule has 0 spiro atoms. The molecule has 5 aromatic rings. The number of pyridine rings is 1. The van der Waals surface area contributed by atoms with Gasteiger partial charge in [0.2, 0.25) is 15.9 Å². The van der Waals surface area contributed by atoms with E-state index in [4.69, 9.17) is 15.7 Å². The molecule has 0 bridgehead atoms. The Kier molecular flexibility index (Phi) is 7.94. The maximum Gasteiger partial charge on any atom is 0.231 e. The number of primary amides is 1. The molecule has 2 aromatic carbocycles. The normalized spacial score (nSPS) is 14.8. The van der Waals surface area contributed by atoms with Crippen LogP contribution in [0.1, 0.15) is 23.6 Å². The Labute approximate surface area is 256 Å². The number of para-hydroxylation sites is 1. The molecule has 230 valence electrons. The number of fused-ring (bicyclic) bond motifs is 2. The van der Waals surface area contributed by atoms with Gasteiger partial charge in [-0.2, -0.15) is 10.1 Å². The van der Waals surface area contributed by atoms with Crippen molar-refractivity contribution in [2.75, 3.05) is 42.1 Å². The number of amides is 1. The highest BCUT2D eigenvalue weighted by Crippen LogP contribution is 2.41. The monoisotopic (exact) mass is 640 g/mol. The molecule has 4 N–H and O–H groups in total. The first-order chi connectivity index (χ1) is 20.9. The second-order valence-corrected chi connectivity index (χ2v) is 13.6. The number of aromatic nitrogens is 4. The number of thiazole rings is 1. The van der Waals surface area contributed by atoms with Crippen molar-refractivity contribution in [2.24, 2.45) is 12.8 Å². The highest BCUT2D eigenvalue weighted by atomic mass is 32.2. The van der Waals surface area contributed by atoms with Crippen LogP contribution in [-0.4, -0.2) is 66.5 Å². The molecule has 0 aliphatic carbocycles. The molecule has 0 saturated carbocycles. The van der Waals surface area contributed by atoms with Gasteiger partial charge in [-0.1, -0.05) is 23.5 Å². The summed E-state index contributed by atoms with van der Waals surface area (Å²) in [5.74, 6) is -2.54. The predicted octanol–water partition coefficient (Wildman–Crippen LogP) is 3.51. The molecular formula is C29H30F2N8O3S2. The van der Waals surface area contributed by atoms with Crippen molar-refractivity contribution in [3.05, 3.63) is 65.4 Å². The van der Waals surface area contributed by atoms with Crippen molar-refractivity contribution in [1.29, 1.82) is 0 Å². The molecule has 11 nitrogen and oxygen atoms in total. The first-order valence-electron chi connectivity index (χ1n) is 13.9. The van der Waals surface area contributed by atoms with Crippen molar-refractivity contribution >= 4 is 59.5 Å². The van der Waals surface area contributed by atoms with E-state index in [2.05, 4.69) is 20.0 Å². The van der Waals surface area contributed by atoms with Gasteiger partial charge in [0.05, 0.1) is 22.2 Å². The lowest BCUT2D eigenvalue weighted by Crippen LogP contribution is -2.43. The number of carbonyl (C=O) groups is 1. The first-order valence-corrected chi connectivity index (χ1v) is 16.6. The molecule has 15 heteroatoms. The summed E-state index contributed by atoms with van der Waals surface area (Å²) in [6.45, 7) is 3.24. The number of nitrogens with one attached hydrogen (secondary N) is 2. The molecule has 1 aliphatic rings. The fraction of sp³-hybridized carbons (Fsp3) is 0.310. The molecule has 3 aromatic heterocycles. The lowest BCUT2D eigenvalue weighted by molar-refractivity contribution is -0.118. The fourth-order valence-corrected chi connectivity index (χ4v) is 7.21. The van der Waals surface area contributed by atoms with E-state index >= 15 is 0 Å². The maximum atomic E-state index is 14.2. The summed E-state index contributed by atoms with van der Waals surface area (Å²) in [4.78, 5) is 24.4. The van der Waals surface area contributed by atoms with Gasteiger partial charge in [-0.25, -0.2) is 22.2 Å². The van der Waals surface area contributed by atoms with Gasteiger partial charge in [-0.15, -0.1) is 0 Å². The third kappa shape index (κ3) is 6.21. The van der Waals surface area contributed by atoms with Gasteiger partial charge >= 0.3 is 0 Å². The van der Waals surface area contributed by atoms with Crippen molar-refractivity contribution in [2.45, 2.75) is 18.8 Å². The number of nitrogens with two attached hydrogens (primary N) is 1. The van der Waals surface area contributed by atoms with Gasteiger partial charge in [-0.3, -0.25) is 14.2 Å². The van der Waals surface area contributed by atoms with E-state index < -0.39 is 33.5 Å². The van der Waals surface area contributed by atoms with Crippen LogP contribution in [0.15, 0.2) is 42.5 Å². The summed E-state index contributed by atoms with van der Waals surface area (Å²) in [6, 6.07) is 10.6. The number of hydrogen-bond donors (Lipinski definition) is 3. The number of benzene rings is 2. The first kappa shape index (κ1) is 29.8. The Morgan fingerprint density at radius 1 is 1.11 bits per heavy atom. The van der Waals surface area contributed by atoms with Gasteiger partial charge in [0, 0.05) is 68.1 Å². The number of piperazine rings is 1. The number of nitrogens with zero attached hydrogens (tertiary/aromatic N) is 5. The topological polar surface area (TPSA) is 148 Å². The number of halogens is 2. The summed E-state index contributed by atoms with van der Waals surface area (Å²) in [5.41, 5.74) is 8.97. The Morgan fingerprint density at radius 2 is 1.84 bits per heavy atom. The molecule has 4 heterocycles.